The Morgan fingerprint density at radius 1 is 1.00 bits per heavy atom. The highest BCUT2D eigenvalue weighted by atomic mass is 32.2. The van der Waals surface area contributed by atoms with Crippen LogP contribution in [0.4, 0.5) is 0 Å². The lowest BCUT2D eigenvalue weighted by Crippen LogP contribution is -2.47. The highest BCUT2D eigenvalue weighted by molar-refractivity contribution is 7.92. The van der Waals surface area contributed by atoms with Gasteiger partial charge in [-0.2, -0.15) is 4.31 Å². The number of nitrogens with two attached hydrogens (primary N) is 1. The van der Waals surface area contributed by atoms with Crippen LogP contribution in [0.15, 0.2) is 76.5 Å². The number of aliphatic hydroxyl groups excluding tert-OH is 2. The van der Waals surface area contributed by atoms with Crippen LogP contribution in [0.1, 0.15) is 51.5 Å². The molecule has 278 valence electrons. The summed E-state index contributed by atoms with van der Waals surface area (Å²) < 4.78 is 71.1. The van der Waals surface area contributed by atoms with Gasteiger partial charge in [-0.15, -0.1) is 0 Å². The fourth-order valence-electron chi connectivity index (χ4n) is 6.77. The van der Waals surface area contributed by atoms with Gasteiger partial charge >= 0.3 is 0 Å². The maximum Gasteiger partial charge on any atom is 0.243 e. The van der Waals surface area contributed by atoms with Gasteiger partial charge in [0.2, 0.25) is 10.0 Å². The average Bonchev–Trinajstić information content (AvgIpc) is 3.77. The number of hydrogen-bond acceptors (Lipinski definition) is 11. The molecule has 12 nitrogen and oxygen atoms in total. The molecule has 0 aromatic heterocycles. The number of nitrogens with zero attached hydrogens (tertiary/aromatic N) is 1. The zero-order chi connectivity index (χ0) is 36.7. The van der Waals surface area contributed by atoms with E-state index in [4.69, 9.17) is 19.9 Å². The van der Waals surface area contributed by atoms with Gasteiger partial charge < -0.3 is 35.5 Å². The van der Waals surface area contributed by atoms with E-state index < -0.39 is 42.9 Å². The molecule has 0 bridgehead atoms. The van der Waals surface area contributed by atoms with Crippen molar-refractivity contribution in [2.75, 3.05) is 46.6 Å². The number of methoxy groups -OCH3 is 1. The van der Waals surface area contributed by atoms with Crippen LogP contribution in [0.5, 0.6) is 11.5 Å². The molecule has 1 saturated carbocycles. The van der Waals surface area contributed by atoms with Crippen molar-refractivity contribution in [2.24, 2.45) is 5.73 Å². The lowest BCUT2D eigenvalue weighted by Gasteiger charge is -2.38. The number of aliphatic hydroxyl groups is 2. The normalized spacial score (nSPS) is 21.0. The number of sulfone groups is 1. The summed E-state index contributed by atoms with van der Waals surface area (Å²) in [6, 6.07) is 18.9. The quantitative estimate of drug-likeness (QED) is 0.191. The molecule has 1 aliphatic carbocycles. The molecule has 51 heavy (non-hydrogen) atoms. The Balaban J connectivity index is 1.00. The predicted molar refractivity (Wildman–Crippen MR) is 193 cm³/mol. The fraction of sp³-hybridized carbons (Fsp3) is 0.514. The lowest BCUT2D eigenvalue weighted by molar-refractivity contribution is -0.0312. The summed E-state index contributed by atoms with van der Waals surface area (Å²) in [5, 5.41) is 23.5. The van der Waals surface area contributed by atoms with Gasteiger partial charge in [0.1, 0.15) is 24.2 Å². The molecule has 3 aromatic rings. The molecule has 1 spiro atoms. The van der Waals surface area contributed by atoms with Crippen molar-refractivity contribution in [2.45, 2.75) is 83.8 Å². The first-order chi connectivity index (χ1) is 24.1. The number of hydrogen-bond donors (Lipinski definition) is 4. The number of benzene rings is 3. The van der Waals surface area contributed by atoms with Crippen LogP contribution < -0.4 is 20.5 Å². The van der Waals surface area contributed by atoms with Crippen LogP contribution in [0.3, 0.4) is 0 Å². The molecule has 6 rings (SSSR count). The Kier molecular flexibility index (Phi) is 10.6. The van der Waals surface area contributed by atoms with Gasteiger partial charge in [0.25, 0.3) is 0 Å². The van der Waals surface area contributed by atoms with Crippen molar-refractivity contribution < 1.29 is 41.3 Å². The molecule has 14 heteroatoms. The van der Waals surface area contributed by atoms with Crippen LogP contribution in [0, 0.1) is 0 Å². The smallest absolute Gasteiger partial charge is 0.243 e. The van der Waals surface area contributed by atoms with E-state index in [0.29, 0.717) is 56.0 Å². The average molecular weight is 744 g/mol. The maximum absolute atomic E-state index is 13.8. The van der Waals surface area contributed by atoms with Crippen molar-refractivity contribution in [3.05, 3.63) is 72.3 Å². The van der Waals surface area contributed by atoms with Crippen molar-refractivity contribution >= 4 is 19.9 Å². The van der Waals surface area contributed by atoms with Crippen LogP contribution >= 0.6 is 0 Å². The Bertz CT molecular complexity index is 1920. The van der Waals surface area contributed by atoms with Crippen molar-refractivity contribution in [3.8, 4) is 22.6 Å². The second kappa shape index (κ2) is 14.4. The zero-order valence-electron chi connectivity index (χ0n) is 29.4. The number of nitrogens with one attached hydrogen (secondary N) is 1. The Hall–Kier alpha value is -3.08. The maximum atomic E-state index is 13.8. The van der Waals surface area contributed by atoms with Gasteiger partial charge in [-0.25, -0.2) is 16.8 Å². The molecule has 0 radical (unpaired) electrons. The van der Waals surface area contributed by atoms with Crippen LogP contribution in [-0.4, -0.2) is 100 Å². The highest BCUT2D eigenvalue weighted by Crippen LogP contribution is 2.44. The van der Waals surface area contributed by atoms with E-state index in [9.17, 15) is 27.0 Å². The monoisotopic (exact) mass is 743 g/mol. The van der Waals surface area contributed by atoms with Crippen LogP contribution in [0.25, 0.3) is 11.1 Å². The van der Waals surface area contributed by atoms with E-state index in [1.807, 2.05) is 24.3 Å². The molecule has 1 unspecified atom stereocenters. The van der Waals surface area contributed by atoms with Crippen molar-refractivity contribution in [1.29, 1.82) is 0 Å². The molecule has 3 aliphatic rings. The fourth-order valence-corrected chi connectivity index (χ4v) is 9.58. The molecule has 2 atom stereocenters. The topological polar surface area (TPSA) is 178 Å². The van der Waals surface area contributed by atoms with Gasteiger partial charge in [0.15, 0.2) is 9.84 Å². The van der Waals surface area contributed by atoms with Crippen molar-refractivity contribution in [3.63, 3.8) is 0 Å². The summed E-state index contributed by atoms with van der Waals surface area (Å²) >= 11 is 0. The minimum absolute atomic E-state index is 0.0263. The predicted octanol–water partition coefficient (Wildman–Crippen LogP) is 3.20. The minimum Gasteiger partial charge on any atom is -0.496 e. The zero-order valence-corrected chi connectivity index (χ0v) is 31.0. The van der Waals surface area contributed by atoms with Gasteiger partial charge in [-0.3, -0.25) is 0 Å². The van der Waals surface area contributed by atoms with E-state index in [2.05, 4.69) is 5.32 Å². The summed E-state index contributed by atoms with van der Waals surface area (Å²) in [7, 11) is -6.00. The van der Waals surface area contributed by atoms with Gasteiger partial charge in [0, 0.05) is 36.8 Å². The molecule has 2 aliphatic heterocycles. The van der Waals surface area contributed by atoms with Crippen molar-refractivity contribution in [1.82, 2.24) is 9.62 Å². The summed E-state index contributed by atoms with van der Waals surface area (Å²) in [4.78, 5) is 0.244. The Morgan fingerprint density at radius 2 is 1.71 bits per heavy atom. The molecular formula is C37H49N3O9S2. The van der Waals surface area contributed by atoms with Crippen LogP contribution in [0.2, 0.25) is 0 Å². The molecular weight excluding hydrogens is 695 g/mol. The summed E-state index contributed by atoms with van der Waals surface area (Å²) in [6.07, 6.45) is 2.83. The van der Waals surface area contributed by atoms with E-state index in [0.717, 1.165) is 24.0 Å². The Labute approximate surface area is 300 Å². The molecule has 3 aromatic carbocycles. The third kappa shape index (κ3) is 7.84. The first kappa shape index (κ1) is 37.7. The third-order valence-corrected chi connectivity index (χ3v) is 14.9. The second-order valence-electron chi connectivity index (χ2n) is 14.7. The van der Waals surface area contributed by atoms with E-state index >= 15 is 0 Å². The summed E-state index contributed by atoms with van der Waals surface area (Å²) in [6.45, 7) is 3.65. The van der Waals surface area contributed by atoms with Gasteiger partial charge in [-0.1, -0.05) is 30.3 Å². The SMILES string of the molecule is COc1ccc(S(=O)(=O)N2CCC3(CC2)C[C@H](NCC(O)COc2cccc(S(=O)(=O)C(C)(C)CO)c2)CO3)cc1-c1ccc(C2(N)CC2)cc1. The summed E-state index contributed by atoms with van der Waals surface area (Å²) in [5.41, 5.74) is 8.28. The lowest BCUT2D eigenvalue weighted by atomic mass is 9.88. The highest BCUT2D eigenvalue weighted by Gasteiger charge is 2.45. The molecule has 3 fully saturated rings. The Morgan fingerprint density at radius 3 is 2.35 bits per heavy atom. The molecule has 5 N–H and O–H groups in total. The number of rotatable bonds is 14. The molecule has 2 heterocycles. The van der Waals surface area contributed by atoms with E-state index in [-0.39, 0.29) is 34.5 Å². The number of ether oxygens (including phenoxy) is 3. The number of piperidine rings is 1. The summed E-state index contributed by atoms with van der Waals surface area (Å²) in [5.74, 6) is 0.887. The minimum atomic E-state index is -3.79. The van der Waals surface area contributed by atoms with E-state index in [1.165, 1.54) is 30.3 Å². The number of sulfonamides is 1. The van der Waals surface area contributed by atoms with E-state index in [1.54, 1.807) is 37.4 Å². The first-order valence-electron chi connectivity index (χ1n) is 17.3. The van der Waals surface area contributed by atoms with Gasteiger partial charge in [-0.05, 0) is 93.5 Å². The first-order valence-corrected chi connectivity index (χ1v) is 20.3. The third-order valence-electron chi connectivity index (χ3n) is 10.5. The second-order valence-corrected chi connectivity index (χ2v) is 19.2. The largest absolute Gasteiger partial charge is 0.496 e. The van der Waals surface area contributed by atoms with Crippen LogP contribution in [-0.2, 0) is 30.1 Å². The molecule has 0 amide bonds. The standard InChI is InChI=1S/C37H49N3O9S2/c1-35(2,25-41)50(43,44)31-6-4-5-30(19-31)48-24-29(42)22-39-28-21-36(49-23-28)15-17-40(18-16-36)51(45,46)32-11-12-34(47-3)33(20-32)26-7-9-27(10-8-26)37(38)13-14-37/h4-12,19-20,28-29,39,41-42H,13-18,21-25,38H2,1-3H3/t28-,29?/m0/s1. The molecule has 2 saturated heterocycles. The van der Waals surface area contributed by atoms with Gasteiger partial charge in [0.05, 0.1) is 40.5 Å².